The molecule has 3 aromatic rings. The molecule has 0 aliphatic heterocycles. The summed E-state index contributed by atoms with van der Waals surface area (Å²) in [6, 6.07) is 20.7. The zero-order valence-electron chi connectivity index (χ0n) is 20.8. The van der Waals surface area contributed by atoms with Gasteiger partial charge in [-0.05, 0) is 37.1 Å². The van der Waals surface area contributed by atoms with Gasteiger partial charge in [0.1, 0.15) is 6.04 Å². The van der Waals surface area contributed by atoms with Gasteiger partial charge in [-0.1, -0.05) is 66.7 Å². The van der Waals surface area contributed by atoms with Crippen LogP contribution in [-0.4, -0.2) is 42.0 Å². The van der Waals surface area contributed by atoms with E-state index in [1.807, 2.05) is 6.07 Å². The average Bonchev–Trinajstić information content (AvgIpc) is 2.89. The van der Waals surface area contributed by atoms with E-state index in [9.17, 15) is 24.1 Å². The topological polar surface area (TPSA) is 119 Å². The zero-order chi connectivity index (χ0) is 26.8. The van der Waals surface area contributed by atoms with Gasteiger partial charge in [-0.3, -0.25) is 14.2 Å². The van der Waals surface area contributed by atoms with Gasteiger partial charge in [0.2, 0.25) is 0 Å². The van der Waals surface area contributed by atoms with E-state index in [1.165, 1.54) is 12.1 Å². The molecule has 0 heterocycles. The Balaban J connectivity index is 1.64. The summed E-state index contributed by atoms with van der Waals surface area (Å²) >= 11 is 0. The first-order valence-corrected chi connectivity index (χ1v) is 13.7. The van der Waals surface area contributed by atoms with Crippen LogP contribution in [0, 0.1) is 0 Å². The van der Waals surface area contributed by atoms with Crippen molar-refractivity contribution in [3.8, 4) is 0 Å². The van der Waals surface area contributed by atoms with Gasteiger partial charge in [-0.2, -0.15) is 0 Å². The van der Waals surface area contributed by atoms with Crippen molar-refractivity contribution in [2.24, 2.45) is 0 Å². The number of amides is 1. The molecule has 37 heavy (non-hydrogen) atoms. The van der Waals surface area contributed by atoms with Crippen LogP contribution in [0.5, 0.6) is 0 Å². The molecule has 194 valence electrons. The van der Waals surface area contributed by atoms with Gasteiger partial charge in [0.25, 0.3) is 5.91 Å². The number of carbonyl (C=O) groups is 3. The predicted octanol–water partition coefficient (Wildman–Crippen LogP) is 5.11. The van der Waals surface area contributed by atoms with Gasteiger partial charge in [-0.15, -0.1) is 0 Å². The van der Waals surface area contributed by atoms with Gasteiger partial charge in [-0.25, -0.2) is 4.79 Å². The number of rotatable bonds is 13. The van der Waals surface area contributed by atoms with E-state index in [0.29, 0.717) is 22.3 Å². The molecule has 2 N–H and O–H groups in total. The van der Waals surface area contributed by atoms with E-state index in [0.717, 1.165) is 0 Å². The Bertz CT molecular complexity index is 1250. The summed E-state index contributed by atoms with van der Waals surface area (Å²) in [5.74, 6) is -1.85. The number of hydrogen-bond donors (Lipinski definition) is 2. The fourth-order valence-corrected chi connectivity index (χ4v) is 5.43. The van der Waals surface area contributed by atoms with Crippen molar-refractivity contribution in [3.05, 3.63) is 107 Å². The molecule has 0 aromatic heterocycles. The zero-order valence-corrected chi connectivity index (χ0v) is 21.6. The van der Waals surface area contributed by atoms with Gasteiger partial charge in [0, 0.05) is 23.1 Å². The highest BCUT2D eigenvalue weighted by Gasteiger charge is 2.25. The molecular formula is C28H30NO7P. The Morgan fingerprint density at radius 1 is 0.784 bits per heavy atom. The Kier molecular flexibility index (Phi) is 9.92. The number of carboxylic acids is 1. The molecule has 3 aromatic carbocycles. The van der Waals surface area contributed by atoms with Crippen LogP contribution >= 0.6 is 7.60 Å². The highest BCUT2D eigenvalue weighted by molar-refractivity contribution is 7.53. The first kappa shape index (κ1) is 28.0. The quantitative estimate of drug-likeness (QED) is 0.236. The third kappa shape index (κ3) is 7.95. The maximum Gasteiger partial charge on any atom is 0.335 e. The minimum atomic E-state index is -3.28. The van der Waals surface area contributed by atoms with Crippen molar-refractivity contribution >= 4 is 25.3 Å². The second kappa shape index (κ2) is 13.1. The van der Waals surface area contributed by atoms with Crippen molar-refractivity contribution < 1.29 is 33.1 Å². The molecule has 0 saturated carbocycles. The molecule has 0 unspecified atom stereocenters. The summed E-state index contributed by atoms with van der Waals surface area (Å²) in [4.78, 5) is 37.1. The lowest BCUT2D eigenvalue weighted by Gasteiger charge is -2.17. The fourth-order valence-electron chi connectivity index (χ4n) is 3.73. The lowest BCUT2D eigenvalue weighted by Crippen LogP contribution is -2.42. The lowest BCUT2D eigenvalue weighted by molar-refractivity contribution is -0.139. The van der Waals surface area contributed by atoms with Crippen LogP contribution < -0.4 is 5.32 Å². The van der Waals surface area contributed by atoms with Crippen molar-refractivity contribution in [3.63, 3.8) is 0 Å². The molecule has 3 rings (SSSR count). The summed E-state index contributed by atoms with van der Waals surface area (Å²) in [7, 11) is -3.28. The number of benzene rings is 3. The summed E-state index contributed by atoms with van der Waals surface area (Å²) < 4.78 is 23.3. The van der Waals surface area contributed by atoms with Crippen LogP contribution in [0.25, 0.3) is 0 Å². The van der Waals surface area contributed by atoms with Crippen LogP contribution in [0.4, 0.5) is 0 Å². The second-order valence-corrected chi connectivity index (χ2v) is 10.3. The highest BCUT2D eigenvalue weighted by Crippen LogP contribution is 2.51. The van der Waals surface area contributed by atoms with Gasteiger partial charge in [0.15, 0.2) is 5.78 Å². The second-order valence-electron chi connectivity index (χ2n) is 8.26. The number of aliphatic carboxylic acids is 1. The SMILES string of the molecule is CCOP(=O)(Cc1ccc(C(=O)N[C@@H](Cc2ccc(C(=O)c3ccccc3)cc2)C(=O)O)cc1)OCC. The van der Waals surface area contributed by atoms with E-state index in [2.05, 4.69) is 5.32 Å². The number of ketones is 1. The maximum atomic E-state index is 12.7. The van der Waals surface area contributed by atoms with Crippen molar-refractivity contribution in [1.82, 2.24) is 5.32 Å². The summed E-state index contributed by atoms with van der Waals surface area (Å²) in [6.45, 7) is 3.97. The molecule has 0 spiro atoms. The van der Waals surface area contributed by atoms with E-state index >= 15 is 0 Å². The molecular weight excluding hydrogens is 493 g/mol. The van der Waals surface area contributed by atoms with E-state index < -0.39 is 25.5 Å². The monoisotopic (exact) mass is 523 g/mol. The van der Waals surface area contributed by atoms with Crippen LogP contribution in [-0.2, 0) is 31.0 Å². The predicted molar refractivity (Wildman–Crippen MR) is 140 cm³/mol. The fraction of sp³-hybridized carbons (Fsp3) is 0.250. The average molecular weight is 524 g/mol. The first-order valence-electron chi connectivity index (χ1n) is 11.9. The maximum absolute atomic E-state index is 12.7. The van der Waals surface area contributed by atoms with Crippen LogP contribution in [0.2, 0.25) is 0 Å². The normalized spacial score (nSPS) is 12.1. The molecule has 1 atom stereocenters. The van der Waals surface area contributed by atoms with Gasteiger partial charge >= 0.3 is 13.6 Å². The lowest BCUT2D eigenvalue weighted by atomic mass is 9.99. The van der Waals surface area contributed by atoms with Crippen LogP contribution in [0.3, 0.4) is 0 Å². The highest BCUT2D eigenvalue weighted by atomic mass is 31.2. The van der Waals surface area contributed by atoms with Gasteiger partial charge < -0.3 is 19.5 Å². The molecule has 0 saturated heterocycles. The third-order valence-corrected chi connectivity index (χ3v) is 7.59. The molecule has 0 aliphatic carbocycles. The van der Waals surface area contributed by atoms with Crippen LogP contribution in [0.1, 0.15) is 51.3 Å². The molecule has 0 radical (unpaired) electrons. The number of carbonyl (C=O) groups excluding carboxylic acids is 2. The summed E-state index contributed by atoms with van der Waals surface area (Å²) in [5.41, 5.74) is 2.65. The standard InChI is InChI=1S/C28H30NO7P/c1-3-35-37(34,36-4-2)19-21-12-16-24(17-13-21)27(31)29-25(28(32)33)18-20-10-14-23(15-11-20)26(30)22-8-6-5-7-9-22/h5-17,25H,3-4,18-19H2,1-2H3,(H,29,31)(H,32,33)/t25-/m0/s1. The number of nitrogens with one attached hydrogen (secondary N) is 1. The minimum Gasteiger partial charge on any atom is -0.480 e. The Morgan fingerprint density at radius 3 is 1.84 bits per heavy atom. The van der Waals surface area contributed by atoms with Crippen LogP contribution in [0.15, 0.2) is 78.9 Å². The van der Waals surface area contributed by atoms with E-state index in [-0.39, 0.29) is 37.1 Å². The first-order chi connectivity index (χ1) is 17.7. The minimum absolute atomic E-state index is 0.0465. The van der Waals surface area contributed by atoms with E-state index in [4.69, 9.17) is 9.05 Å². The summed E-state index contributed by atoms with van der Waals surface area (Å²) in [5, 5.41) is 12.2. The molecule has 0 aliphatic rings. The molecule has 1 amide bonds. The molecule has 9 heteroatoms. The number of carboxylic acid groups (broad SMARTS) is 1. The Morgan fingerprint density at radius 2 is 1.30 bits per heavy atom. The van der Waals surface area contributed by atoms with Crippen molar-refractivity contribution in [1.29, 1.82) is 0 Å². The summed E-state index contributed by atoms with van der Waals surface area (Å²) in [6.07, 6.45) is 0.113. The molecule has 0 fully saturated rings. The van der Waals surface area contributed by atoms with E-state index in [1.54, 1.807) is 74.5 Å². The third-order valence-electron chi connectivity index (χ3n) is 5.54. The van der Waals surface area contributed by atoms with Crippen molar-refractivity contribution in [2.45, 2.75) is 32.5 Å². The molecule has 8 nitrogen and oxygen atoms in total. The van der Waals surface area contributed by atoms with Crippen molar-refractivity contribution in [2.75, 3.05) is 13.2 Å². The largest absolute Gasteiger partial charge is 0.480 e. The molecule has 0 bridgehead atoms. The number of hydrogen-bond acceptors (Lipinski definition) is 6. The Hall–Kier alpha value is -3.58. The smallest absolute Gasteiger partial charge is 0.335 e. The Labute approximate surface area is 216 Å². The van der Waals surface area contributed by atoms with Gasteiger partial charge in [0.05, 0.1) is 19.4 Å².